The monoisotopic (exact) mass is 472 g/mol. The van der Waals surface area contributed by atoms with Crippen molar-refractivity contribution in [2.45, 2.75) is 44.6 Å². The molecule has 33 heavy (non-hydrogen) atoms. The Labute approximate surface area is 193 Å². The molecule has 1 fully saturated rings. The molecule has 0 bridgehead atoms. The van der Waals surface area contributed by atoms with Crippen molar-refractivity contribution in [2.75, 3.05) is 13.1 Å². The number of carbonyl (C=O) groups is 1. The second kappa shape index (κ2) is 9.48. The molecule has 9 nitrogen and oxygen atoms in total. The van der Waals surface area contributed by atoms with Crippen LogP contribution in [0.3, 0.4) is 0 Å². The second-order valence-electron chi connectivity index (χ2n) is 8.74. The van der Waals surface area contributed by atoms with Gasteiger partial charge in [0.15, 0.2) is 5.76 Å². The zero-order valence-corrected chi connectivity index (χ0v) is 19.7. The first-order valence-electron chi connectivity index (χ1n) is 11.0. The fourth-order valence-electron chi connectivity index (χ4n) is 3.76. The number of sulfonamides is 1. The van der Waals surface area contributed by atoms with Crippen molar-refractivity contribution < 1.29 is 22.2 Å². The highest BCUT2D eigenvalue weighted by Gasteiger charge is 2.29. The van der Waals surface area contributed by atoms with Gasteiger partial charge in [-0.1, -0.05) is 25.9 Å². The van der Waals surface area contributed by atoms with Crippen LogP contribution >= 0.6 is 0 Å². The average molecular weight is 473 g/mol. The highest BCUT2D eigenvalue weighted by Crippen LogP contribution is 2.27. The molecule has 2 aromatic heterocycles. The summed E-state index contributed by atoms with van der Waals surface area (Å²) in [6.07, 6.45) is 3.17. The van der Waals surface area contributed by atoms with Crippen molar-refractivity contribution >= 4 is 15.9 Å². The Hall–Kier alpha value is -2.98. The largest absolute Gasteiger partial charge is 0.459 e. The summed E-state index contributed by atoms with van der Waals surface area (Å²) in [6, 6.07) is 9.17. The molecule has 1 aliphatic rings. The Morgan fingerprint density at radius 3 is 2.45 bits per heavy atom. The summed E-state index contributed by atoms with van der Waals surface area (Å²) in [4.78, 5) is 17.1. The van der Waals surface area contributed by atoms with Crippen LogP contribution in [0.1, 0.15) is 56.1 Å². The summed E-state index contributed by atoms with van der Waals surface area (Å²) < 4.78 is 38.0. The maximum absolute atomic E-state index is 12.9. The first kappa shape index (κ1) is 23.2. The van der Waals surface area contributed by atoms with Crippen LogP contribution in [0, 0.1) is 11.8 Å². The molecular formula is C23H28N4O5S. The van der Waals surface area contributed by atoms with Crippen molar-refractivity contribution in [2.24, 2.45) is 11.8 Å². The molecule has 1 amide bonds. The van der Waals surface area contributed by atoms with Gasteiger partial charge < -0.3 is 14.3 Å². The third-order valence-electron chi connectivity index (χ3n) is 5.90. The van der Waals surface area contributed by atoms with E-state index in [2.05, 4.69) is 22.4 Å². The van der Waals surface area contributed by atoms with Crippen LogP contribution in [-0.2, 0) is 10.0 Å². The summed E-state index contributed by atoms with van der Waals surface area (Å²) in [5.41, 5.74) is 0.621. The van der Waals surface area contributed by atoms with E-state index in [1.165, 1.54) is 6.26 Å². The minimum absolute atomic E-state index is 0.0167. The van der Waals surface area contributed by atoms with Crippen LogP contribution in [0.15, 0.2) is 56.5 Å². The molecule has 3 aromatic rings. The molecule has 0 saturated carbocycles. The Bertz CT molecular complexity index is 1180. The molecule has 10 heteroatoms. The van der Waals surface area contributed by atoms with E-state index in [0.29, 0.717) is 30.4 Å². The van der Waals surface area contributed by atoms with Crippen molar-refractivity contribution in [3.05, 3.63) is 54.3 Å². The van der Waals surface area contributed by atoms with E-state index in [-0.39, 0.29) is 28.4 Å². The summed E-state index contributed by atoms with van der Waals surface area (Å²) in [5.74, 6) is 0.930. The molecule has 0 aliphatic carbocycles. The van der Waals surface area contributed by atoms with Crippen LogP contribution < -0.4 is 5.32 Å². The van der Waals surface area contributed by atoms with Crippen molar-refractivity contribution in [3.63, 3.8) is 0 Å². The van der Waals surface area contributed by atoms with E-state index >= 15 is 0 Å². The lowest BCUT2D eigenvalue weighted by Gasteiger charge is -2.29. The number of carbonyl (C=O) groups excluding carboxylic acids is 1. The van der Waals surface area contributed by atoms with E-state index in [9.17, 15) is 13.2 Å². The Morgan fingerprint density at radius 1 is 1.15 bits per heavy atom. The summed E-state index contributed by atoms with van der Waals surface area (Å²) in [6.45, 7) is 7.08. The number of hydrogen-bond donors (Lipinski definition) is 1. The van der Waals surface area contributed by atoms with Crippen molar-refractivity contribution in [1.82, 2.24) is 19.8 Å². The molecule has 176 valence electrons. The highest BCUT2D eigenvalue weighted by atomic mass is 32.2. The van der Waals surface area contributed by atoms with E-state index in [1.807, 2.05) is 13.8 Å². The van der Waals surface area contributed by atoms with Crippen LogP contribution in [0.5, 0.6) is 0 Å². The topological polar surface area (TPSA) is 119 Å². The van der Waals surface area contributed by atoms with Gasteiger partial charge in [0.05, 0.1) is 11.2 Å². The lowest BCUT2D eigenvalue weighted by atomic mass is 10.0. The van der Waals surface area contributed by atoms with Gasteiger partial charge in [0.1, 0.15) is 6.04 Å². The lowest BCUT2D eigenvalue weighted by Crippen LogP contribution is -2.37. The van der Waals surface area contributed by atoms with Crippen molar-refractivity contribution in [1.29, 1.82) is 0 Å². The summed E-state index contributed by atoms with van der Waals surface area (Å²) in [5, 5.41) is 6.88. The average Bonchev–Trinajstić information content (AvgIpc) is 3.50. The number of amides is 1. The first-order valence-corrected chi connectivity index (χ1v) is 12.5. The molecule has 0 spiro atoms. The van der Waals surface area contributed by atoms with E-state index in [4.69, 9.17) is 8.94 Å². The molecule has 0 radical (unpaired) electrons. The minimum atomic E-state index is -3.53. The summed E-state index contributed by atoms with van der Waals surface area (Å²) >= 11 is 0. The lowest BCUT2D eigenvalue weighted by molar-refractivity contribution is 0.0885. The number of benzene rings is 1. The smallest absolute Gasteiger partial charge is 0.287 e. The van der Waals surface area contributed by atoms with Gasteiger partial charge in [-0.25, -0.2) is 8.42 Å². The SMILES string of the molecule is CC1CCN(S(=O)(=O)c2ccc(-c3noc(C(NC(=O)c4ccco4)C(C)C)n3)cc2)CC1. The molecule has 3 heterocycles. The molecule has 1 atom stereocenters. The van der Waals surface area contributed by atoms with E-state index in [1.54, 1.807) is 40.7 Å². The van der Waals surface area contributed by atoms with Gasteiger partial charge >= 0.3 is 0 Å². The Balaban J connectivity index is 1.50. The quantitative estimate of drug-likeness (QED) is 0.554. The zero-order chi connectivity index (χ0) is 23.6. The third kappa shape index (κ3) is 5.01. The number of furan rings is 1. The van der Waals surface area contributed by atoms with Crippen LogP contribution in [0.2, 0.25) is 0 Å². The standard InChI is InChI=1S/C23H28N4O5S/c1-15(2)20(24-22(28)19-5-4-14-31-19)23-25-21(26-32-23)17-6-8-18(9-7-17)33(29,30)27-12-10-16(3)11-13-27/h4-9,14-16,20H,10-13H2,1-3H3,(H,24,28). The fraction of sp³-hybridized carbons (Fsp3) is 0.435. The Morgan fingerprint density at radius 2 is 1.85 bits per heavy atom. The van der Waals surface area contributed by atoms with Crippen LogP contribution in [0.25, 0.3) is 11.4 Å². The molecule has 1 aliphatic heterocycles. The predicted octanol–water partition coefficient (Wildman–Crippen LogP) is 3.88. The second-order valence-corrected chi connectivity index (χ2v) is 10.7. The highest BCUT2D eigenvalue weighted by molar-refractivity contribution is 7.89. The zero-order valence-electron chi connectivity index (χ0n) is 18.9. The molecule has 1 unspecified atom stereocenters. The number of nitrogens with one attached hydrogen (secondary N) is 1. The fourth-order valence-corrected chi connectivity index (χ4v) is 5.23. The maximum atomic E-state index is 12.9. The molecule has 4 rings (SSSR count). The van der Waals surface area contributed by atoms with Gasteiger partial charge in [-0.3, -0.25) is 4.79 Å². The molecule has 1 N–H and O–H groups in total. The minimum Gasteiger partial charge on any atom is -0.459 e. The number of rotatable bonds is 7. The van der Waals surface area contributed by atoms with E-state index in [0.717, 1.165) is 12.8 Å². The molecular weight excluding hydrogens is 444 g/mol. The van der Waals surface area contributed by atoms with Crippen LogP contribution in [-0.4, -0.2) is 41.9 Å². The predicted molar refractivity (Wildman–Crippen MR) is 121 cm³/mol. The Kier molecular flexibility index (Phi) is 6.66. The van der Waals surface area contributed by atoms with E-state index < -0.39 is 16.1 Å². The van der Waals surface area contributed by atoms with Crippen LogP contribution in [0.4, 0.5) is 0 Å². The third-order valence-corrected chi connectivity index (χ3v) is 7.81. The first-order chi connectivity index (χ1) is 15.8. The van der Waals surface area contributed by atoms with Gasteiger partial charge in [-0.15, -0.1) is 0 Å². The normalized spacial score (nSPS) is 16.7. The van der Waals surface area contributed by atoms with Gasteiger partial charge in [-0.2, -0.15) is 9.29 Å². The van der Waals surface area contributed by atoms with Crippen molar-refractivity contribution in [3.8, 4) is 11.4 Å². The van der Waals surface area contributed by atoms with Gasteiger partial charge in [0.25, 0.3) is 5.91 Å². The maximum Gasteiger partial charge on any atom is 0.287 e. The van der Waals surface area contributed by atoms with Gasteiger partial charge in [-0.05, 0) is 61.1 Å². The van der Waals surface area contributed by atoms with Gasteiger partial charge in [0.2, 0.25) is 21.7 Å². The number of aromatic nitrogens is 2. The summed E-state index contributed by atoms with van der Waals surface area (Å²) in [7, 11) is -3.53. The number of piperidine rings is 1. The molecule has 1 aromatic carbocycles. The van der Waals surface area contributed by atoms with Gasteiger partial charge in [0, 0.05) is 18.7 Å². The number of nitrogens with zero attached hydrogens (tertiary/aromatic N) is 3. The molecule has 1 saturated heterocycles. The number of hydrogen-bond acceptors (Lipinski definition) is 7.